The van der Waals surface area contributed by atoms with Gasteiger partial charge < -0.3 is 0 Å². The molecule has 3 heteroatoms. The van der Waals surface area contributed by atoms with Gasteiger partial charge in [-0.1, -0.05) is 28.6 Å². The molecule has 1 rings (SSSR count). The number of hydrogen-bond donors (Lipinski definition) is 0. The van der Waals surface area contributed by atoms with Crippen molar-refractivity contribution in [3.8, 4) is 0 Å². The second-order valence-electron chi connectivity index (χ2n) is 2.41. The van der Waals surface area contributed by atoms with Gasteiger partial charge in [-0.2, -0.15) is 5.10 Å². The van der Waals surface area contributed by atoms with Gasteiger partial charge in [0.15, 0.2) is 0 Å². The lowest BCUT2D eigenvalue weighted by atomic mass is 10.2. The SMILES string of the molecule is C=Cc1c(/C(Br)=C\C)cnn1C. The van der Waals surface area contributed by atoms with Gasteiger partial charge in [-0.05, 0) is 13.0 Å². The van der Waals surface area contributed by atoms with Gasteiger partial charge in [0, 0.05) is 17.1 Å². The van der Waals surface area contributed by atoms with Crippen molar-refractivity contribution in [1.29, 1.82) is 0 Å². The Balaban J connectivity index is 3.24. The van der Waals surface area contributed by atoms with Crippen LogP contribution in [0.15, 0.2) is 18.9 Å². The first-order valence-corrected chi connectivity index (χ1v) is 4.46. The van der Waals surface area contributed by atoms with E-state index in [0.29, 0.717) is 0 Å². The van der Waals surface area contributed by atoms with Crippen LogP contribution in [-0.2, 0) is 7.05 Å². The summed E-state index contributed by atoms with van der Waals surface area (Å²) in [6.07, 6.45) is 5.61. The van der Waals surface area contributed by atoms with Gasteiger partial charge in [-0.15, -0.1) is 0 Å². The maximum Gasteiger partial charge on any atom is 0.0684 e. The Morgan fingerprint density at radius 3 is 2.92 bits per heavy atom. The van der Waals surface area contributed by atoms with Gasteiger partial charge in [0.1, 0.15) is 0 Å². The van der Waals surface area contributed by atoms with Crippen LogP contribution < -0.4 is 0 Å². The van der Waals surface area contributed by atoms with Crippen molar-refractivity contribution in [2.75, 3.05) is 0 Å². The Morgan fingerprint density at radius 2 is 2.42 bits per heavy atom. The molecule has 64 valence electrons. The lowest BCUT2D eigenvalue weighted by molar-refractivity contribution is 0.759. The van der Waals surface area contributed by atoms with Crippen molar-refractivity contribution in [3.05, 3.63) is 30.1 Å². The molecule has 0 amide bonds. The van der Waals surface area contributed by atoms with Crippen molar-refractivity contribution in [2.24, 2.45) is 7.05 Å². The minimum Gasteiger partial charge on any atom is -0.268 e. The van der Waals surface area contributed by atoms with Crippen LogP contribution in [0.5, 0.6) is 0 Å². The summed E-state index contributed by atoms with van der Waals surface area (Å²) < 4.78 is 2.85. The standard InChI is InChI=1S/C9H11BrN2/c1-4-8(10)7-6-11-12(3)9(7)5-2/h4-6H,2H2,1,3H3/b8-4+. The summed E-state index contributed by atoms with van der Waals surface area (Å²) in [5.41, 5.74) is 2.11. The number of allylic oxidation sites excluding steroid dienone is 1. The Kier molecular flexibility index (Phi) is 2.87. The van der Waals surface area contributed by atoms with Crippen LogP contribution in [0, 0.1) is 0 Å². The normalized spacial score (nSPS) is 11.8. The zero-order valence-corrected chi connectivity index (χ0v) is 8.80. The molecule has 0 saturated heterocycles. The molecule has 0 aliphatic heterocycles. The topological polar surface area (TPSA) is 17.8 Å². The third kappa shape index (κ3) is 1.50. The van der Waals surface area contributed by atoms with Crippen molar-refractivity contribution in [1.82, 2.24) is 9.78 Å². The molecule has 0 fully saturated rings. The number of rotatable bonds is 2. The minimum absolute atomic E-state index is 1.03. The highest BCUT2D eigenvalue weighted by Gasteiger charge is 2.06. The van der Waals surface area contributed by atoms with Crippen LogP contribution >= 0.6 is 15.9 Å². The van der Waals surface area contributed by atoms with Gasteiger partial charge in [0.2, 0.25) is 0 Å². The summed E-state index contributed by atoms with van der Waals surface area (Å²) in [5, 5.41) is 4.13. The van der Waals surface area contributed by atoms with Crippen LogP contribution in [0.4, 0.5) is 0 Å². The van der Waals surface area contributed by atoms with Gasteiger partial charge in [-0.25, -0.2) is 0 Å². The molecule has 1 aromatic heterocycles. The van der Waals surface area contributed by atoms with Crippen molar-refractivity contribution in [2.45, 2.75) is 6.92 Å². The molecule has 0 N–H and O–H groups in total. The van der Waals surface area contributed by atoms with Gasteiger partial charge in [0.25, 0.3) is 0 Å². The highest BCUT2D eigenvalue weighted by atomic mass is 79.9. The molecule has 0 unspecified atom stereocenters. The fourth-order valence-corrected chi connectivity index (χ4v) is 1.33. The molecule has 0 aromatic carbocycles. The Bertz CT molecular complexity index is 323. The molecule has 0 aliphatic rings. The Labute approximate surface area is 80.7 Å². The van der Waals surface area contributed by atoms with E-state index >= 15 is 0 Å². The van der Waals surface area contributed by atoms with E-state index in [2.05, 4.69) is 27.6 Å². The van der Waals surface area contributed by atoms with Crippen LogP contribution in [-0.4, -0.2) is 9.78 Å². The van der Waals surface area contributed by atoms with Crippen LogP contribution in [0.1, 0.15) is 18.2 Å². The van der Waals surface area contributed by atoms with Crippen molar-refractivity contribution in [3.63, 3.8) is 0 Å². The monoisotopic (exact) mass is 226 g/mol. The average Bonchev–Trinajstić information content (AvgIpc) is 2.45. The Hall–Kier alpha value is -0.830. The molecule has 0 spiro atoms. The van der Waals surface area contributed by atoms with E-state index in [1.54, 1.807) is 10.8 Å². The number of aryl methyl sites for hydroxylation is 1. The van der Waals surface area contributed by atoms with E-state index in [4.69, 9.17) is 0 Å². The molecular formula is C9H11BrN2. The second-order valence-corrected chi connectivity index (χ2v) is 3.26. The fraction of sp³-hybridized carbons (Fsp3) is 0.222. The third-order valence-electron chi connectivity index (χ3n) is 1.69. The highest BCUT2D eigenvalue weighted by Crippen LogP contribution is 2.24. The number of halogens is 1. The highest BCUT2D eigenvalue weighted by molar-refractivity contribution is 9.15. The molecule has 2 nitrogen and oxygen atoms in total. The second kappa shape index (κ2) is 3.72. The number of hydrogen-bond acceptors (Lipinski definition) is 1. The molecule has 0 aliphatic carbocycles. The zero-order chi connectivity index (χ0) is 9.14. The number of nitrogens with zero attached hydrogens (tertiary/aromatic N) is 2. The van der Waals surface area contributed by atoms with E-state index in [9.17, 15) is 0 Å². The molecular weight excluding hydrogens is 216 g/mol. The maximum atomic E-state index is 4.13. The lowest BCUT2D eigenvalue weighted by Crippen LogP contribution is -1.92. The molecule has 0 radical (unpaired) electrons. The lowest BCUT2D eigenvalue weighted by Gasteiger charge is -1.98. The number of aromatic nitrogens is 2. The van der Waals surface area contributed by atoms with Gasteiger partial charge in [-0.3, -0.25) is 4.68 Å². The summed E-state index contributed by atoms with van der Waals surface area (Å²) in [5.74, 6) is 0. The molecule has 1 heterocycles. The van der Waals surface area contributed by atoms with E-state index < -0.39 is 0 Å². The molecule has 12 heavy (non-hydrogen) atoms. The largest absolute Gasteiger partial charge is 0.268 e. The van der Waals surface area contributed by atoms with Crippen molar-refractivity contribution < 1.29 is 0 Å². The summed E-state index contributed by atoms with van der Waals surface area (Å²) in [4.78, 5) is 0. The van der Waals surface area contributed by atoms with E-state index in [1.807, 2.05) is 26.2 Å². The van der Waals surface area contributed by atoms with Crippen molar-refractivity contribution >= 4 is 26.5 Å². The van der Waals surface area contributed by atoms with Crippen LogP contribution in [0.2, 0.25) is 0 Å². The average molecular weight is 227 g/mol. The fourth-order valence-electron chi connectivity index (χ4n) is 1.03. The van der Waals surface area contributed by atoms with E-state index in [-0.39, 0.29) is 0 Å². The molecule has 0 saturated carbocycles. The Morgan fingerprint density at radius 1 is 1.75 bits per heavy atom. The smallest absolute Gasteiger partial charge is 0.0684 e. The predicted octanol–water partition coefficient (Wildman–Crippen LogP) is 2.82. The van der Waals surface area contributed by atoms with Gasteiger partial charge >= 0.3 is 0 Å². The molecule has 0 atom stereocenters. The van der Waals surface area contributed by atoms with Crippen LogP contribution in [0.25, 0.3) is 10.6 Å². The minimum atomic E-state index is 1.03. The molecule has 0 bridgehead atoms. The zero-order valence-electron chi connectivity index (χ0n) is 7.21. The summed E-state index contributed by atoms with van der Waals surface area (Å²) in [6.45, 7) is 5.71. The summed E-state index contributed by atoms with van der Waals surface area (Å²) >= 11 is 3.45. The van der Waals surface area contributed by atoms with E-state index in [1.165, 1.54) is 0 Å². The third-order valence-corrected chi connectivity index (χ3v) is 2.57. The maximum absolute atomic E-state index is 4.13. The van der Waals surface area contributed by atoms with Crippen LogP contribution in [0.3, 0.4) is 0 Å². The predicted molar refractivity (Wildman–Crippen MR) is 55.9 cm³/mol. The van der Waals surface area contributed by atoms with E-state index in [0.717, 1.165) is 15.7 Å². The first-order chi connectivity index (χ1) is 5.70. The molecule has 1 aromatic rings. The first kappa shape index (κ1) is 9.26. The first-order valence-electron chi connectivity index (χ1n) is 3.67. The van der Waals surface area contributed by atoms with Gasteiger partial charge in [0.05, 0.1) is 11.9 Å². The quantitative estimate of drug-likeness (QED) is 0.759. The summed E-state index contributed by atoms with van der Waals surface area (Å²) in [6, 6.07) is 0. The summed E-state index contributed by atoms with van der Waals surface area (Å²) in [7, 11) is 1.90.